The first kappa shape index (κ1) is 26.8. The Morgan fingerprint density at radius 2 is 0.826 bits per heavy atom. The largest absolute Gasteiger partial charge is 0.255 e. The number of hydrogen-bond acceptors (Lipinski definition) is 6. The summed E-state index contributed by atoms with van der Waals surface area (Å²) in [4.78, 5) is 18.3. The first-order valence-corrected chi connectivity index (χ1v) is 14.7. The van der Waals surface area contributed by atoms with E-state index in [4.69, 9.17) is 9.97 Å². The van der Waals surface area contributed by atoms with Gasteiger partial charge in [-0.25, -0.2) is 0 Å². The molecule has 0 amide bonds. The van der Waals surface area contributed by atoms with Crippen molar-refractivity contribution in [2.24, 2.45) is 0 Å². The Balaban J connectivity index is 1.28. The fourth-order valence-electron chi connectivity index (χ4n) is 6.12. The smallest absolute Gasteiger partial charge is 0.0992 e. The van der Waals surface area contributed by atoms with Gasteiger partial charge in [-0.05, 0) is 92.0 Å². The molecule has 0 aliphatic rings. The van der Waals surface area contributed by atoms with E-state index in [0.717, 1.165) is 54.6 Å². The maximum Gasteiger partial charge on any atom is 0.0992 e. The Kier molecular flexibility index (Phi) is 6.45. The third kappa shape index (κ3) is 4.59. The SMILES string of the molecule is N#Cc1ccnc(-c2ccc(-c3cc4c5ccccc5c(-c5ccc(-c6cc(C#N)ccn6)nc5)cc4c4ccccc34)cn2)c1. The molecule has 0 saturated carbocycles. The Hall–Kier alpha value is -6.76. The molecule has 8 rings (SSSR count). The minimum Gasteiger partial charge on any atom is -0.255 e. The van der Waals surface area contributed by atoms with Gasteiger partial charge in [0, 0.05) is 35.9 Å². The normalized spacial score (nSPS) is 11.0. The van der Waals surface area contributed by atoms with E-state index in [0.29, 0.717) is 33.9 Å². The molecule has 0 unspecified atom stereocenters. The lowest BCUT2D eigenvalue weighted by atomic mass is 9.88. The van der Waals surface area contributed by atoms with Crippen LogP contribution in [-0.4, -0.2) is 19.9 Å². The van der Waals surface area contributed by atoms with Crippen LogP contribution in [0.2, 0.25) is 0 Å². The molecule has 0 bridgehead atoms. The van der Waals surface area contributed by atoms with Gasteiger partial charge in [0.15, 0.2) is 0 Å². The lowest BCUT2D eigenvalue weighted by Gasteiger charge is -2.16. The number of benzene rings is 4. The molecule has 4 aromatic carbocycles. The fourth-order valence-corrected chi connectivity index (χ4v) is 6.12. The second-order valence-corrected chi connectivity index (χ2v) is 11.0. The van der Waals surface area contributed by atoms with Gasteiger partial charge in [-0.1, -0.05) is 60.7 Å². The Labute approximate surface area is 264 Å². The van der Waals surface area contributed by atoms with Crippen LogP contribution in [0.4, 0.5) is 0 Å². The lowest BCUT2D eigenvalue weighted by Crippen LogP contribution is -1.92. The van der Waals surface area contributed by atoms with Crippen LogP contribution in [0.5, 0.6) is 0 Å². The van der Waals surface area contributed by atoms with E-state index in [1.54, 1.807) is 36.7 Å². The molecular weight excluding hydrogens is 564 g/mol. The summed E-state index contributed by atoms with van der Waals surface area (Å²) < 4.78 is 0. The zero-order valence-electron chi connectivity index (χ0n) is 24.4. The van der Waals surface area contributed by atoms with Gasteiger partial charge in [0.1, 0.15) is 0 Å². The first-order valence-electron chi connectivity index (χ1n) is 14.7. The van der Waals surface area contributed by atoms with E-state index in [2.05, 4.69) is 94.9 Å². The molecule has 0 atom stereocenters. The van der Waals surface area contributed by atoms with Gasteiger partial charge < -0.3 is 0 Å². The highest BCUT2D eigenvalue weighted by molar-refractivity contribution is 6.23. The van der Waals surface area contributed by atoms with Gasteiger partial charge in [0.25, 0.3) is 0 Å². The Morgan fingerprint density at radius 1 is 0.391 bits per heavy atom. The molecule has 212 valence electrons. The number of nitriles is 2. The van der Waals surface area contributed by atoms with Crippen LogP contribution in [0.1, 0.15) is 11.1 Å². The molecule has 46 heavy (non-hydrogen) atoms. The van der Waals surface area contributed by atoms with Gasteiger partial charge in [-0.2, -0.15) is 10.5 Å². The molecule has 8 aromatic rings. The number of fused-ring (bicyclic) bond motifs is 5. The summed E-state index contributed by atoms with van der Waals surface area (Å²) in [5.74, 6) is 0. The average molecular weight is 587 g/mol. The Morgan fingerprint density at radius 3 is 1.22 bits per heavy atom. The van der Waals surface area contributed by atoms with Gasteiger partial charge in [0.2, 0.25) is 0 Å². The summed E-state index contributed by atoms with van der Waals surface area (Å²) in [5, 5.41) is 25.5. The van der Waals surface area contributed by atoms with Crippen LogP contribution in [0.15, 0.2) is 134 Å². The minimum atomic E-state index is 0.553. The maximum atomic E-state index is 9.30. The van der Waals surface area contributed by atoms with E-state index in [9.17, 15) is 10.5 Å². The molecule has 0 spiro atoms. The van der Waals surface area contributed by atoms with Crippen molar-refractivity contribution in [3.63, 3.8) is 0 Å². The number of hydrogen-bond donors (Lipinski definition) is 0. The van der Waals surface area contributed by atoms with Gasteiger partial charge in [-0.3, -0.25) is 19.9 Å². The molecule has 4 aromatic heterocycles. The summed E-state index contributed by atoms with van der Waals surface area (Å²) in [5.41, 5.74) is 8.07. The lowest BCUT2D eigenvalue weighted by molar-refractivity contribution is 1.24. The topological polar surface area (TPSA) is 99.1 Å². The number of pyridine rings is 4. The average Bonchev–Trinajstić information content (AvgIpc) is 3.14. The zero-order chi connectivity index (χ0) is 31.0. The van der Waals surface area contributed by atoms with Crippen molar-refractivity contribution in [3.8, 4) is 57.2 Å². The fraction of sp³-hybridized carbons (Fsp3) is 0. The van der Waals surface area contributed by atoms with Crippen molar-refractivity contribution in [1.82, 2.24) is 19.9 Å². The minimum absolute atomic E-state index is 0.553. The number of aromatic nitrogens is 4. The summed E-state index contributed by atoms with van der Waals surface area (Å²) in [6.07, 6.45) is 7.04. The highest BCUT2D eigenvalue weighted by Crippen LogP contribution is 2.41. The molecule has 0 N–H and O–H groups in total. The highest BCUT2D eigenvalue weighted by atomic mass is 14.8. The van der Waals surface area contributed by atoms with Crippen molar-refractivity contribution >= 4 is 32.3 Å². The van der Waals surface area contributed by atoms with Crippen LogP contribution < -0.4 is 0 Å². The van der Waals surface area contributed by atoms with Crippen LogP contribution in [0.3, 0.4) is 0 Å². The zero-order valence-corrected chi connectivity index (χ0v) is 24.4. The van der Waals surface area contributed by atoms with Gasteiger partial charge >= 0.3 is 0 Å². The molecule has 4 heterocycles. The second-order valence-electron chi connectivity index (χ2n) is 11.0. The van der Waals surface area contributed by atoms with E-state index in [1.165, 1.54) is 0 Å². The maximum absolute atomic E-state index is 9.30. The summed E-state index contributed by atoms with van der Waals surface area (Å²) in [6.45, 7) is 0. The molecule has 0 fully saturated rings. The molecule has 6 heteroatoms. The number of rotatable bonds is 4. The predicted molar refractivity (Wildman–Crippen MR) is 181 cm³/mol. The number of nitrogens with zero attached hydrogens (tertiary/aromatic N) is 6. The Bertz CT molecular complexity index is 2360. The molecule has 6 nitrogen and oxygen atoms in total. The van der Waals surface area contributed by atoms with E-state index < -0.39 is 0 Å². The van der Waals surface area contributed by atoms with Crippen molar-refractivity contribution in [2.75, 3.05) is 0 Å². The second kappa shape index (κ2) is 11.1. The summed E-state index contributed by atoms with van der Waals surface area (Å²) >= 11 is 0. The molecule has 0 radical (unpaired) electrons. The van der Waals surface area contributed by atoms with Crippen LogP contribution >= 0.6 is 0 Å². The molecular formula is C40H22N6. The van der Waals surface area contributed by atoms with Crippen molar-refractivity contribution in [3.05, 3.63) is 145 Å². The van der Waals surface area contributed by atoms with Gasteiger partial charge in [0.05, 0.1) is 46.0 Å². The van der Waals surface area contributed by atoms with Crippen LogP contribution in [-0.2, 0) is 0 Å². The van der Waals surface area contributed by atoms with E-state index in [-0.39, 0.29) is 0 Å². The first-order chi connectivity index (χ1) is 22.7. The molecule has 0 aliphatic heterocycles. The summed E-state index contributed by atoms with van der Waals surface area (Å²) in [6, 6.07) is 40.8. The molecule has 0 saturated heterocycles. The van der Waals surface area contributed by atoms with Crippen molar-refractivity contribution in [1.29, 1.82) is 10.5 Å². The standard InChI is InChI=1S/C40H22N6/c41-21-25-13-15-43-39(17-25)37-11-9-27(23-45-37)33-19-36-32-8-4-2-6-30(32)34(20-35(36)31-7-3-1-5-29(31)33)28-10-12-38(46-24-28)40-18-26(22-42)14-16-44-40/h1-20,23-24H. The quantitative estimate of drug-likeness (QED) is 0.191. The van der Waals surface area contributed by atoms with Gasteiger partial charge in [-0.15, -0.1) is 0 Å². The molecule has 0 aliphatic carbocycles. The van der Waals surface area contributed by atoms with Crippen LogP contribution in [0, 0.1) is 22.7 Å². The third-order valence-corrected chi connectivity index (χ3v) is 8.33. The third-order valence-electron chi connectivity index (χ3n) is 8.33. The van der Waals surface area contributed by atoms with Crippen molar-refractivity contribution in [2.45, 2.75) is 0 Å². The van der Waals surface area contributed by atoms with E-state index in [1.807, 2.05) is 24.5 Å². The van der Waals surface area contributed by atoms with Crippen LogP contribution in [0.25, 0.3) is 77.3 Å². The monoisotopic (exact) mass is 586 g/mol. The predicted octanol–water partition coefficient (Wildman–Crippen LogP) is 9.14. The van der Waals surface area contributed by atoms with E-state index >= 15 is 0 Å². The summed E-state index contributed by atoms with van der Waals surface area (Å²) in [7, 11) is 0. The highest BCUT2D eigenvalue weighted by Gasteiger charge is 2.15. The van der Waals surface area contributed by atoms with Crippen molar-refractivity contribution < 1.29 is 0 Å².